The van der Waals surface area contributed by atoms with E-state index in [4.69, 9.17) is 26.4 Å². The molecule has 160 valence electrons. The first-order chi connectivity index (χ1) is 14.2. The molecule has 1 aliphatic rings. The van der Waals surface area contributed by atoms with Crippen LogP contribution < -0.4 is 20.1 Å². The van der Waals surface area contributed by atoms with Gasteiger partial charge in [-0.3, -0.25) is 0 Å². The second kappa shape index (κ2) is 8.92. The standard InChI is InChI=1S/C23H28N2O4S/c1-6-28-21(26)15-8-7-14(2)18(11-15)24-22(30)25-19-13-23(3,4)29-20-10-9-16(27-5)12-17(19)20/h7-12,19H,6,13H2,1-5H3,(H2,24,25,30)/t19-/m1/s1. The Labute approximate surface area is 182 Å². The molecule has 0 fully saturated rings. The van der Waals surface area contributed by atoms with Gasteiger partial charge in [-0.1, -0.05) is 6.07 Å². The van der Waals surface area contributed by atoms with Gasteiger partial charge in [0, 0.05) is 17.7 Å². The topological polar surface area (TPSA) is 68.8 Å². The maximum Gasteiger partial charge on any atom is 0.338 e. The van der Waals surface area contributed by atoms with E-state index in [2.05, 4.69) is 24.5 Å². The normalized spacial score (nSPS) is 16.6. The fourth-order valence-corrected chi connectivity index (χ4v) is 3.76. The molecule has 2 aromatic rings. The average Bonchev–Trinajstić information content (AvgIpc) is 2.68. The van der Waals surface area contributed by atoms with Crippen molar-refractivity contribution in [3.8, 4) is 11.5 Å². The van der Waals surface area contributed by atoms with Crippen molar-refractivity contribution >= 4 is 29.0 Å². The smallest absolute Gasteiger partial charge is 0.338 e. The molecule has 0 saturated heterocycles. The van der Waals surface area contributed by atoms with Crippen molar-refractivity contribution in [1.82, 2.24) is 5.32 Å². The number of hydrogen-bond acceptors (Lipinski definition) is 5. The molecule has 0 spiro atoms. The fourth-order valence-electron chi connectivity index (χ4n) is 3.50. The van der Waals surface area contributed by atoms with Gasteiger partial charge in [0.1, 0.15) is 17.1 Å². The summed E-state index contributed by atoms with van der Waals surface area (Å²) in [5.41, 5.74) is 2.87. The Morgan fingerprint density at radius 3 is 2.73 bits per heavy atom. The van der Waals surface area contributed by atoms with Crippen molar-refractivity contribution in [2.45, 2.75) is 45.8 Å². The number of anilines is 1. The van der Waals surface area contributed by atoms with Crippen LogP contribution in [0.4, 0.5) is 5.69 Å². The van der Waals surface area contributed by atoms with Crippen molar-refractivity contribution in [2.75, 3.05) is 19.0 Å². The zero-order valence-electron chi connectivity index (χ0n) is 18.0. The zero-order chi connectivity index (χ0) is 21.9. The Kier molecular flexibility index (Phi) is 6.51. The van der Waals surface area contributed by atoms with E-state index in [-0.39, 0.29) is 17.6 Å². The maximum atomic E-state index is 12.1. The minimum Gasteiger partial charge on any atom is -0.497 e. The second-order valence-electron chi connectivity index (χ2n) is 7.87. The highest BCUT2D eigenvalue weighted by Gasteiger charge is 2.34. The molecule has 7 heteroatoms. The number of nitrogens with one attached hydrogen (secondary N) is 2. The summed E-state index contributed by atoms with van der Waals surface area (Å²) in [5.74, 6) is 1.22. The number of aryl methyl sites for hydroxylation is 1. The Morgan fingerprint density at radius 2 is 2.03 bits per heavy atom. The maximum absolute atomic E-state index is 12.1. The lowest BCUT2D eigenvalue weighted by Crippen LogP contribution is -2.42. The van der Waals surface area contributed by atoms with Gasteiger partial charge in [-0.05, 0) is 75.8 Å². The lowest BCUT2D eigenvalue weighted by Gasteiger charge is -2.38. The van der Waals surface area contributed by atoms with Gasteiger partial charge in [-0.2, -0.15) is 0 Å². The molecule has 0 saturated carbocycles. The van der Waals surface area contributed by atoms with E-state index in [9.17, 15) is 4.79 Å². The van der Waals surface area contributed by atoms with E-state index in [0.29, 0.717) is 17.3 Å². The molecule has 2 aromatic carbocycles. The van der Waals surface area contributed by atoms with Gasteiger partial charge in [0.05, 0.1) is 25.3 Å². The third kappa shape index (κ3) is 5.02. The van der Waals surface area contributed by atoms with Crippen LogP contribution in [0.25, 0.3) is 0 Å². The van der Waals surface area contributed by atoms with Crippen LogP contribution in [0.5, 0.6) is 11.5 Å². The number of carbonyl (C=O) groups excluding carboxylic acids is 1. The van der Waals surface area contributed by atoms with Crippen molar-refractivity contribution in [3.05, 3.63) is 53.1 Å². The van der Waals surface area contributed by atoms with Gasteiger partial charge in [0.25, 0.3) is 0 Å². The summed E-state index contributed by atoms with van der Waals surface area (Å²) in [4.78, 5) is 12.1. The van der Waals surface area contributed by atoms with E-state index in [1.807, 2.05) is 31.2 Å². The van der Waals surface area contributed by atoms with Gasteiger partial charge in [0.15, 0.2) is 5.11 Å². The van der Waals surface area contributed by atoms with Crippen molar-refractivity contribution in [1.29, 1.82) is 0 Å². The summed E-state index contributed by atoms with van der Waals surface area (Å²) in [6.45, 7) is 8.18. The van der Waals surface area contributed by atoms with E-state index in [0.717, 1.165) is 34.7 Å². The van der Waals surface area contributed by atoms with Crippen molar-refractivity contribution in [3.63, 3.8) is 0 Å². The molecule has 1 atom stereocenters. The molecular weight excluding hydrogens is 400 g/mol. The average molecular weight is 429 g/mol. The van der Waals surface area contributed by atoms with Gasteiger partial charge in [-0.25, -0.2) is 4.79 Å². The quantitative estimate of drug-likeness (QED) is 0.525. The summed E-state index contributed by atoms with van der Waals surface area (Å²) in [6, 6.07) is 11.1. The minimum absolute atomic E-state index is 0.0487. The Balaban J connectivity index is 1.80. The van der Waals surface area contributed by atoms with Crippen LogP contribution in [0.1, 0.15) is 54.7 Å². The fraction of sp³-hybridized carbons (Fsp3) is 0.391. The summed E-state index contributed by atoms with van der Waals surface area (Å²) in [5, 5.41) is 7.09. The van der Waals surface area contributed by atoms with Crippen LogP contribution in [0.3, 0.4) is 0 Å². The first kappa shape index (κ1) is 21.9. The van der Waals surface area contributed by atoms with Gasteiger partial charge in [-0.15, -0.1) is 0 Å². The summed E-state index contributed by atoms with van der Waals surface area (Å²) >= 11 is 5.59. The number of fused-ring (bicyclic) bond motifs is 1. The number of benzene rings is 2. The van der Waals surface area contributed by atoms with E-state index >= 15 is 0 Å². The Morgan fingerprint density at radius 1 is 1.27 bits per heavy atom. The van der Waals surface area contributed by atoms with Gasteiger partial charge >= 0.3 is 5.97 Å². The van der Waals surface area contributed by atoms with E-state index in [1.165, 1.54) is 0 Å². The number of thiocarbonyl (C=S) groups is 1. The summed E-state index contributed by atoms with van der Waals surface area (Å²) in [7, 11) is 1.64. The third-order valence-electron chi connectivity index (χ3n) is 4.98. The van der Waals surface area contributed by atoms with Gasteiger partial charge in [0.2, 0.25) is 0 Å². The lowest BCUT2D eigenvalue weighted by atomic mass is 9.89. The Bertz CT molecular complexity index is 958. The molecule has 1 heterocycles. The van der Waals surface area contributed by atoms with Crippen LogP contribution in [0.15, 0.2) is 36.4 Å². The van der Waals surface area contributed by atoms with E-state index in [1.54, 1.807) is 26.2 Å². The number of hydrogen-bond donors (Lipinski definition) is 2. The predicted octanol–water partition coefficient (Wildman–Crippen LogP) is 4.77. The van der Waals surface area contributed by atoms with Crippen LogP contribution in [-0.4, -0.2) is 30.4 Å². The predicted molar refractivity (Wildman–Crippen MR) is 122 cm³/mol. The highest BCUT2D eigenvalue weighted by Crippen LogP contribution is 2.41. The van der Waals surface area contributed by atoms with Crippen molar-refractivity contribution in [2.24, 2.45) is 0 Å². The van der Waals surface area contributed by atoms with Crippen LogP contribution in [0, 0.1) is 6.92 Å². The first-order valence-corrected chi connectivity index (χ1v) is 10.4. The molecular formula is C23H28N2O4S. The highest BCUT2D eigenvalue weighted by atomic mass is 32.1. The zero-order valence-corrected chi connectivity index (χ0v) is 18.8. The van der Waals surface area contributed by atoms with Crippen molar-refractivity contribution < 1.29 is 19.0 Å². The molecule has 0 amide bonds. The molecule has 6 nitrogen and oxygen atoms in total. The molecule has 0 aromatic heterocycles. The molecule has 0 unspecified atom stereocenters. The molecule has 0 bridgehead atoms. The van der Waals surface area contributed by atoms with Gasteiger partial charge < -0.3 is 24.8 Å². The molecule has 30 heavy (non-hydrogen) atoms. The molecule has 0 aliphatic carbocycles. The van der Waals surface area contributed by atoms with Crippen LogP contribution in [-0.2, 0) is 4.74 Å². The second-order valence-corrected chi connectivity index (χ2v) is 8.28. The van der Waals surface area contributed by atoms with E-state index < -0.39 is 0 Å². The largest absolute Gasteiger partial charge is 0.497 e. The lowest BCUT2D eigenvalue weighted by molar-refractivity contribution is 0.0526. The van der Waals surface area contributed by atoms with Crippen LogP contribution in [0.2, 0.25) is 0 Å². The SMILES string of the molecule is CCOC(=O)c1ccc(C)c(NC(=S)N[C@@H]2CC(C)(C)Oc3ccc(OC)cc32)c1. The number of rotatable bonds is 5. The molecule has 2 N–H and O–H groups in total. The first-order valence-electron chi connectivity index (χ1n) is 9.94. The number of methoxy groups -OCH3 is 1. The number of ether oxygens (including phenoxy) is 3. The number of carbonyl (C=O) groups is 1. The van der Waals surface area contributed by atoms with Crippen LogP contribution >= 0.6 is 12.2 Å². The minimum atomic E-state index is -0.355. The Hall–Kier alpha value is -2.80. The molecule has 1 aliphatic heterocycles. The molecule has 0 radical (unpaired) electrons. The molecule has 3 rings (SSSR count). The summed E-state index contributed by atoms with van der Waals surface area (Å²) < 4.78 is 16.6. The summed E-state index contributed by atoms with van der Waals surface area (Å²) in [6.07, 6.45) is 0.733. The third-order valence-corrected chi connectivity index (χ3v) is 5.20. The monoisotopic (exact) mass is 428 g/mol. The highest BCUT2D eigenvalue weighted by molar-refractivity contribution is 7.80. The number of esters is 1.